The number of hydrogen-bond acceptors (Lipinski definition) is 2. The van der Waals surface area contributed by atoms with Crippen LogP contribution >= 0.6 is 0 Å². The Morgan fingerprint density at radius 1 is 1.40 bits per heavy atom. The summed E-state index contributed by atoms with van der Waals surface area (Å²) in [5.74, 6) is 0.221. The SMILES string of the molecule is Oc1cncc2[nH]ccc12. The Balaban J connectivity index is 2.95. The van der Waals surface area contributed by atoms with Gasteiger partial charge >= 0.3 is 0 Å². The maximum atomic E-state index is 9.18. The molecule has 0 unspecified atom stereocenters. The molecule has 0 bridgehead atoms. The number of nitrogens with one attached hydrogen (secondary N) is 1. The summed E-state index contributed by atoms with van der Waals surface area (Å²) in [5, 5.41) is 9.99. The van der Waals surface area contributed by atoms with E-state index in [1.54, 1.807) is 12.4 Å². The molecule has 0 aliphatic rings. The summed E-state index contributed by atoms with van der Waals surface area (Å²) < 4.78 is 0. The Hall–Kier alpha value is -1.51. The minimum absolute atomic E-state index is 0.221. The van der Waals surface area contributed by atoms with Gasteiger partial charge in [0.2, 0.25) is 0 Å². The first-order chi connectivity index (χ1) is 4.88. The zero-order valence-corrected chi connectivity index (χ0v) is 5.20. The van der Waals surface area contributed by atoms with Crippen LogP contribution in [0.1, 0.15) is 0 Å². The highest BCUT2D eigenvalue weighted by atomic mass is 16.3. The highest BCUT2D eigenvalue weighted by Gasteiger charge is 1.97. The monoisotopic (exact) mass is 134 g/mol. The maximum Gasteiger partial charge on any atom is 0.143 e. The van der Waals surface area contributed by atoms with Gasteiger partial charge in [-0.3, -0.25) is 4.98 Å². The molecule has 3 nitrogen and oxygen atoms in total. The van der Waals surface area contributed by atoms with Crippen molar-refractivity contribution in [3.8, 4) is 5.75 Å². The van der Waals surface area contributed by atoms with E-state index in [1.807, 2.05) is 6.07 Å². The van der Waals surface area contributed by atoms with Crippen molar-refractivity contribution in [2.45, 2.75) is 0 Å². The average Bonchev–Trinajstić information content (AvgIpc) is 2.36. The molecule has 10 heavy (non-hydrogen) atoms. The normalized spacial score (nSPS) is 10.4. The van der Waals surface area contributed by atoms with Gasteiger partial charge in [-0.25, -0.2) is 0 Å². The van der Waals surface area contributed by atoms with E-state index < -0.39 is 0 Å². The summed E-state index contributed by atoms with van der Waals surface area (Å²) in [6.45, 7) is 0. The molecule has 0 fully saturated rings. The van der Waals surface area contributed by atoms with Gasteiger partial charge in [-0.2, -0.15) is 0 Å². The zero-order chi connectivity index (χ0) is 6.97. The van der Waals surface area contributed by atoms with Crippen LogP contribution in [0.3, 0.4) is 0 Å². The Morgan fingerprint density at radius 3 is 3.10 bits per heavy atom. The number of hydrogen-bond donors (Lipinski definition) is 2. The number of aromatic hydroxyl groups is 1. The number of aromatic amines is 1. The quantitative estimate of drug-likeness (QED) is 0.570. The largest absolute Gasteiger partial charge is 0.506 e. The van der Waals surface area contributed by atoms with Gasteiger partial charge in [0.25, 0.3) is 0 Å². The van der Waals surface area contributed by atoms with Crippen molar-refractivity contribution in [1.82, 2.24) is 9.97 Å². The van der Waals surface area contributed by atoms with Gasteiger partial charge in [0.15, 0.2) is 0 Å². The summed E-state index contributed by atoms with van der Waals surface area (Å²) in [6.07, 6.45) is 4.87. The van der Waals surface area contributed by atoms with Gasteiger partial charge in [-0.15, -0.1) is 0 Å². The molecule has 50 valence electrons. The molecule has 0 spiro atoms. The number of aromatic nitrogens is 2. The van der Waals surface area contributed by atoms with Gasteiger partial charge < -0.3 is 10.1 Å². The molecule has 0 atom stereocenters. The van der Waals surface area contributed by atoms with Gasteiger partial charge in [0.1, 0.15) is 5.75 Å². The third kappa shape index (κ3) is 0.572. The third-order valence-electron chi connectivity index (χ3n) is 1.46. The summed E-state index contributed by atoms with van der Waals surface area (Å²) in [7, 11) is 0. The fraction of sp³-hybridized carbons (Fsp3) is 0. The summed E-state index contributed by atoms with van der Waals surface area (Å²) in [4.78, 5) is 6.74. The van der Waals surface area contributed by atoms with Crippen LogP contribution in [0.5, 0.6) is 5.75 Å². The average molecular weight is 134 g/mol. The summed E-state index contributed by atoms with van der Waals surface area (Å²) >= 11 is 0. The Morgan fingerprint density at radius 2 is 2.30 bits per heavy atom. The van der Waals surface area contributed by atoms with E-state index >= 15 is 0 Å². The molecule has 0 aromatic carbocycles. The number of pyridine rings is 1. The molecule has 2 N–H and O–H groups in total. The lowest BCUT2D eigenvalue weighted by Gasteiger charge is -1.90. The molecule has 0 aliphatic carbocycles. The van der Waals surface area contributed by atoms with E-state index in [-0.39, 0.29) is 5.75 Å². The molecule has 3 heteroatoms. The van der Waals surface area contributed by atoms with Crippen molar-refractivity contribution < 1.29 is 5.11 Å². The van der Waals surface area contributed by atoms with Crippen LogP contribution in [0, 0.1) is 0 Å². The van der Waals surface area contributed by atoms with E-state index in [0.29, 0.717) is 0 Å². The van der Waals surface area contributed by atoms with Crippen LogP contribution in [0.25, 0.3) is 10.9 Å². The second kappa shape index (κ2) is 1.73. The van der Waals surface area contributed by atoms with E-state index in [1.165, 1.54) is 6.20 Å². The molecule has 0 saturated carbocycles. The molecule has 2 aromatic heterocycles. The summed E-state index contributed by atoms with van der Waals surface area (Å²) in [5.41, 5.74) is 0.861. The first-order valence-electron chi connectivity index (χ1n) is 2.98. The van der Waals surface area contributed by atoms with Crippen molar-refractivity contribution in [3.63, 3.8) is 0 Å². The van der Waals surface area contributed by atoms with Crippen LogP contribution in [0.2, 0.25) is 0 Å². The van der Waals surface area contributed by atoms with Crippen molar-refractivity contribution in [1.29, 1.82) is 0 Å². The van der Waals surface area contributed by atoms with Gasteiger partial charge in [-0.1, -0.05) is 0 Å². The lowest BCUT2D eigenvalue weighted by atomic mass is 10.3. The second-order valence-electron chi connectivity index (χ2n) is 2.10. The zero-order valence-electron chi connectivity index (χ0n) is 5.20. The van der Waals surface area contributed by atoms with Crippen LogP contribution in [-0.2, 0) is 0 Å². The molecule has 0 aliphatic heterocycles. The van der Waals surface area contributed by atoms with Gasteiger partial charge in [0.05, 0.1) is 17.9 Å². The molecule has 0 amide bonds. The minimum atomic E-state index is 0.221. The lowest BCUT2D eigenvalue weighted by Crippen LogP contribution is -1.71. The first-order valence-corrected chi connectivity index (χ1v) is 2.98. The topological polar surface area (TPSA) is 48.9 Å². The molecular formula is C7H6N2O. The van der Waals surface area contributed by atoms with Crippen molar-refractivity contribution in [3.05, 3.63) is 24.7 Å². The van der Waals surface area contributed by atoms with Crippen LogP contribution in [0.4, 0.5) is 0 Å². The predicted octanol–water partition coefficient (Wildman–Crippen LogP) is 1.27. The molecule has 0 radical (unpaired) electrons. The van der Waals surface area contributed by atoms with Crippen molar-refractivity contribution in [2.75, 3.05) is 0 Å². The molecular weight excluding hydrogens is 128 g/mol. The standard InChI is InChI=1S/C7H6N2O/c10-7-4-8-3-6-5(7)1-2-9-6/h1-4,9-10H. The molecule has 2 aromatic rings. The fourth-order valence-corrected chi connectivity index (χ4v) is 0.964. The van der Waals surface area contributed by atoms with Gasteiger partial charge in [-0.05, 0) is 6.07 Å². The molecule has 0 saturated heterocycles. The van der Waals surface area contributed by atoms with Crippen molar-refractivity contribution in [2.24, 2.45) is 0 Å². The van der Waals surface area contributed by atoms with E-state index in [9.17, 15) is 5.11 Å². The smallest absolute Gasteiger partial charge is 0.143 e. The second-order valence-corrected chi connectivity index (χ2v) is 2.10. The highest BCUT2D eigenvalue weighted by Crippen LogP contribution is 2.20. The summed E-state index contributed by atoms with van der Waals surface area (Å²) in [6, 6.07) is 1.81. The lowest BCUT2D eigenvalue weighted by molar-refractivity contribution is 0.479. The van der Waals surface area contributed by atoms with Gasteiger partial charge in [0, 0.05) is 11.6 Å². The van der Waals surface area contributed by atoms with Crippen LogP contribution in [-0.4, -0.2) is 15.1 Å². The Bertz CT molecular complexity index is 353. The fourth-order valence-electron chi connectivity index (χ4n) is 0.964. The van der Waals surface area contributed by atoms with E-state index in [0.717, 1.165) is 10.9 Å². The Labute approximate surface area is 57.3 Å². The third-order valence-corrected chi connectivity index (χ3v) is 1.46. The maximum absolute atomic E-state index is 9.18. The van der Waals surface area contributed by atoms with E-state index in [4.69, 9.17) is 0 Å². The van der Waals surface area contributed by atoms with E-state index in [2.05, 4.69) is 9.97 Å². The number of fused-ring (bicyclic) bond motifs is 1. The minimum Gasteiger partial charge on any atom is -0.506 e. The van der Waals surface area contributed by atoms with Crippen molar-refractivity contribution >= 4 is 10.9 Å². The highest BCUT2D eigenvalue weighted by molar-refractivity contribution is 5.84. The Kier molecular flexibility index (Phi) is 0.917. The first kappa shape index (κ1) is 5.29. The molecule has 2 rings (SSSR count). The molecule has 2 heterocycles. The predicted molar refractivity (Wildman–Crippen MR) is 37.8 cm³/mol. The number of H-pyrrole nitrogens is 1. The van der Waals surface area contributed by atoms with Crippen LogP contribution < -0.4 is 0 Å². The van der Waals surface area contributed by atoms with Crippen LogP contribution in [0.15, 0.2) is 24.7 Å². The number of nitrogens with zero attached hydrogens (tertiary/aromatic N) is 1. The number of rotatable bonds is 0.